The van der Waals surface area contributed by atoms with Gasteiger partial charge in [0.1, 0.15) is 0 Å². The molecule has 1 unspecified atom stereocenters. The van der Waals surface area contributed by atoms with Crippen LogP contribution in [0, 0.1) is 11.3 Å². The van der Waals surface area contributed by atoms with Crippen molar-refractivity contribution >= 4 is 16.8 Å². The first-order chi connectivity index (χ1) is 14.1. The maximum absolute atomic E-state index is 12.9. The second-order valence-corrected chi connectivity index (χ2v) is 7.59. The van der Waals surface area contributed by atoms with Gasteiger partial charge >= 0.3 is 0 Å². The molecule has 0 spiro atoms. The molecule has 7 nitrogen and oxygen atoms in total. The topological polar surface area (TPSA) is 88.0 Å². The summed E-state index contributed by atoms with van der Waals surface area (Å²) in [7, 11) is 2.08. The number of aromatic amines is 1. The first-order valence-electron chi connectivity index (χ1n) is 9.76. The van der Waals surface area contributed by atoms with Crippen LogP contribution in [0.4, 0.5) is 0 Å². The van der Waals surface area contributed by atoms with Crippen molar-refractivity contribution in [3.63, 3.8) is 0 Å². The predicted molar refractivity (Wildman–Crippen MR) is 111 cm³/mol. The minimum atomic E-state index is -0.152. The minimum Gasteiger partial charge on any atom is -0.345 e. The molecule has 1 aromatic heterocycles. The van der Waals surface area contributed by atoms with Crippen LogP contribution < -0.4 is 5.32 Å². The molecular formula is C22H24N6O. The fraction of sp³-hybridized carbons (Fsp3) is 0.318. The Balaban J connectivity index is 1.45. The third kappa shape index (κ3) is 4.45. The molecule has 4 rings (SSSR count). The Labute approximate surface area is 169 Å². The number of nitriles is 1. The average Bonchev–Trinajstić information content (AvgIpc) is 3.09. The Morgan fingerprint density at radius 2 is 2.00 bits per heavy atom. The van der Waals surface area contributed by atoms with Crippen molar-refractivity contribution in [2.45, 2.75) is 12.6 Å². The predicted octanol–water partition coefficient (Wildman–Crippen LogP) is 1.98. The fourth-order valence-corrected chi connectivity index (χ4v) is 3.81. The summed E-state index contributed by atoms with van der Waals surface area (Å²) in [5, 5.41) is 20.1. The third-order valence-corrected chi connectivity index (χ3v) is 5.32. The van der Waals surface area contributed by atoms with Crippen molar-refractivity contribution in [3.8, 4) is 6.07 Å². The molecule has 1 aliphatic rings. The summed E-state index contributed by atoms with van der Waals surface area (Å²) in [6.07, 6.45) is 0. The number of nitrogens with zero attached hydrogens (tertiary/aromatic N) is 4. The molecule has 29 heavy (non-hydrogen) atoms. The summed E-state index contributed by atoms with van der Waals surface area (Å²) in [5.74, 6) is -0.152. The molecule has 1 saturated heterocycles. The molecule has 148 valence electrons. The summed E-state index contributed by atoms with van der Waals surface area (Å²) in [6, 6.07) is 17.5. The van der Waals surface area contributed by atoms with Gasteiger partial charge in [0.05, 0.1) is 23.2 Å². The van der Waals surface area contributed by atoms with Crippen molar-refractivity contribution in [1.82, 2.24) is 25.3 Å². The normalized spacial score (nSPS) is 18.3. The molecule has 0 radical (unpaired) electrons. The second-order valence-electron chi connectivity index (χ2n) is 7.59. The molecule has 2 N–H and O–H groups in total. The van der Waals surface area contributed by atoms with Gasteiger partial charge in [0.25, 0.3) is 5.91 Å². The molecule has 0 bridgehead atoms. The summed E-state index contributed by atoms with van der Waals surface area (Å²) >= 11 is 0. The van der Waals surface area contributed by atoms with E-state index in [4.69, 9.17) is 5.26 Å². The molecule has 3 aromatic rings. The van der Waals surface area contributed by atoms with Crippen molar-refractivity contribution < 1.29 is 4.79 Å². The van der Waals surface area contributed by atoms with E-state index in [0.717, 1.165) is 49.2 Å². The van der Waals surface area contributed by atoms with Gasteiger partial charge in [-0.1, -0.05) is 30.3 Å². The Morgan fingerprint density at radius 1 is 1.21 bits per heavy atom. The Morgan fingerprint density at radius 3 is 2.79 bits per heavy atom. The van der Waals surface area contributed by atoms with Crippen molar-refractivity contribution in [3.05, 3.63) is 65.4 Å². The van der Waals surface area contributed by atoms with E-state index in [1.165, 1.54) is 0 Å². The van der Waals surface area contributed by atoms with Crippen LogP contribution in [0.5, 0.6) is 0 Å². The van der Waals surface area contributed by atoms with Gasteiger partial charge in [-0.15, -0.1) is 0 Å². The number of fused-ring (bicyclic) bond motifs is 1. The van der Waals surface area contributed by atoms with Gasteiger partial charge in [-0.25, -0.2) is 0 Å². The summed E-state index contributed by atoms with van der Waals surface area (Å²) in [5.41, 5.74) is 3.13. The zero-order valence-corrected chi connectivity index (χ0v) is 16.4. The van der Waals surface area contributed by atoms with Crippen LogP contribution in [0.1, 0.15) is 21.6 Å². The number of hydrogen-bond donors (Lipinski definition) is 2. The smallest absolute Gasteiger partial charge is 0.272 e. The maximum Gasteiger partial charge on any atom is 0.272 e. The first kappa shape index (κ1) is 19.1. The van der Waals surface area contributed by atoms with E-state index in [2.05, 4.69) is 38.4 Å². The fourth-order valence-electron chi connectivity index (χ4n) is 3.81. The number of para-hydroxylation sites is 1. The van der Waals surface area contributed by atoms with Crippen LogP contribution in [0.2, 0.25) is 0 Å². The molecule has 1 fully saturated rings. The Bertz CT molecular complexity index is 1040. The lowest BCUT2D eigenvalue weighted by atomic mass is 10.1. The number of hydrogen-bond acceptors (Lipinski definition) is 5. The zero-order valence-electron chi connectivity index (χ0n) is 16.4. The largest absolute Gasteiger partial charge is 0.345 e. The number of carbonyl (C=O) groups excluding carboxylic acids is 1. The van der Waals surface area contributed by atoms with Gasteiger partial charge in [-0.2, -0.15) is 10.4 Å². The van der Waals surface area contributed by atoms with E-state index >= 15 is 0 Å². The van der Waals surface area contributed by atoms with E-state index in [-0.39, 0.29) is 11.9 Å². The number of H-pyrrole nitrogens is 1. The zero-order chi connectivity index (χ0) is 20.2. The molecule has 2 heterocycles. The summed E-state index contributed by atoms with van der Waals surface area (Å²) in [4.78, 5) is 17.5. The van der Waals surface area contributed by atoms with Crippen molar-refractivity contribution in [2.24, 2.45) is 0 Å². The highest BCUT2D eigenvalue weighted by Gasteiger charge is 2.24. The lowest BCUT2D eigenvalue weighted by molar-refractivity contribution is 0.0920. The maximum atomic E-state index is 12.9. The van der Waals surface area contributed by atoms with E-state index in [9.17, 15) is 4.79 Å². The molecule has 1 atom stereocenters. The average molecular weight is 388 g/mol. The van der Waals surface area contributed by atoms with Crippen LogP contribution in [0.25, 0.3) is 10.9 Å². The number of nitrogens with one attached hydrogen (secondary N) is 2. The highest BCUT2D eigenvalue weighted by molar-refractivity contribution is 6.04. The van der Waals surface area contributed by atoms with Gasteiger partial charge in [0, 0.05) is 38.1 Å². The molecule has 2 aromatic carbocycles. The van der Waals surface area contributed by atoms with Crippen LogP contribution in [0.3, 0.4) is 0 Å². The van der Waals surface area contributed by atoms with E-state index in [1.54, 1.807) is 0 Å². The quantitative estimate of drug-likeness (QED) is 0.714. The first-order valence-corrected chi connectivity index (χ1v) is 9.76. The highest BCUT2D eigenvalue weighted by atomic mass is 16.2. The minimum absolute atomic E-state index is 0.00356. The second kappa shape index (κ2) is 8.43. The van der Waals surface area contributed by atoms with Crippen molar-refractivity contribution in [1.29, 1.82) is 5.26 Å². The SMILES string of the molecule is CN1CCN(Cc2ccc(C#N)cc2)CC(NC(=O)c2n[nH]c3ccccc23)C1. The molecule has 7 heteroatoms. The van der Waals surface area contributed by atoms with Gasteiger partial charge in [0.15, 0.2) is 5.69 Å². The van der Waals surface area contributed by atoms with Crippen LogP contribution in [-0.2, 0) is 6.54 Å². The number of aromatic nitrogens is 2. The molecule has 1 amide bonds. The third-order valence-electron chi connectivity index (χ3n) is 5.32. The lowest BCUT2D eigenvalue weighted by Crippen LogP contribution is -2.46. The van der Waals surface area contributed by atoms with E-state index in [0.29, 0.717) is 11.3 Å². The molecule has 0 saturated carbocycles. The highest BCUT2D eigenvalue weighted by Crippen LogP contribution is 2.16. The number of rotatable bonds is 4. The summed E-state index contributed by atoms with van der Waals surface area (Å²) in [6.45, 7) is 4.20. The van der Waals surface area contributed by atoms with Gasteiger partial charge in [-0.05, 0) is 30.8 Å². The molecular weight excluding hydrogens is 364 g/mol. The van der Waals surface area contributed by atoms with E-state index < -0.39 is 0 Å². The number of likely N-dealkylation sites (N-methyl/N-ethyl adjacent to an activating group) is 1. The standard InChI is InChI=1S/C22H24N6O/c1-27-10-11-28(13-17-8-6-16(12-23)7-9-17)15-18(14-27)24-22(29)21-19-4-2-3-5-20(19)25-26-21/h2-9,18H,10-11,13-15H2,1H3,(H,24,29)(H,25,26). The number of benzene rings is 2. The van der Waals surface area contributed by atoms with Crippen LogP contribution in [0.15, 0.2) is 48.5 Å². The van der Waals surface area contributed by atoms with Crippen LogP contribution in [-0.4, -0.2) is 65.2 Å². The van der Waals surface area contributed by atoms with Gasteiger partial charge < -0.3 is 10.2 Å². The Kier molecular flexibility index (Phi) is 5.56. The monoisotopic (exact) mass is 388 g/mol. The van der Waals surface area contributed by atoms with Crippen molar-refractivity contribution in [2.75, 3.05) is 33.2 Å². The molecule has 1 aliphatic heterocycles. The summed E-state index contributed by atoms with van der Waals surface area (Å²) < 4.78 is 0. The van der Waals surface area contributed by atoms with Gasteiger partial charge in [0.2, 0.25) is 0 Å². The van der Waals surface area contributed by atoms with Gasteiger partial charge in [-0.3, -0.25) is 14.8 Å². The number of amides is 1. The molecule has 0 aliphatic carbocycles. The van der Waals surface area contributed by atoms with E-state index in [1.807, 2.05) is 48.5 Å². The number of carbonyl (C=O) groups is 1. The lowest BCUT2D eigenvalue weighted by Gasteiger charge is -2.24. The van der Waals surface area contributed by atoms with Crippen LogP contribution >= 0.6 is 0 Å². The Hall–Kier alpha value is -3.21.